The van der Waals surface area contributed by atoms with Crippen molar-refractivity contribution in [2.45, 2.75) is 131 Å². The van der Waals surface area contributed by atoms with Crippen LogP contribution in [0.3, 0.4) is 0 Å². The molecular formula is C61H69N3. The van der Waals surface area contributed by atoms with E-state index < -0.39 is 0 Å². The van der Waals surface area contributed by atoms with Crippen LogP contribution in [-0.4, -0.2) is 16.4 Å². The van der Waals surface area contributed by atoms with Crippen LogP contribution in [0.25, 0.3) is 27.8 Å². The van der Waals surface area contributed by atoms with Crippen molar-refractivity contribution in [1.29, 1.82) is 0 Å². The molecule has 0 aliphatic heterocycles. The third kappa shape index (κ3) is 10.4. The number of aromatic nitrogens is 1. The molecule has 64 heavy (non-hydrogen) atoms. The maximum Gasteiger partial charge on any atom is 0.0849 e. The second kappa shape index (κ2) is 17.9. The van der Waals surface area contributed by atoms with Gasteiger partial charge in [0.15, 0.2) is 0 Å². The first kappa shape index (κ1) is 46.1. The predicted molar refractivity (Wildman–Crippen MR) is 277 cm³/mol. The Labute approximate surface area is 385 Å². The van der Waals surface area contributed by atoms with Gasteiger partial charge in [-0.05, 0) is 98.6 Å². The number of rotatable bonds is 8. The molecule has 0 saturated carbocycles. The van der Waals surface area contributed by atoms with Crippen LogP contribution < -0.4 is 0 Å². The highest BCUT2D eigenvalue weighted by Crippen LogP contribution is 2.42. The minimum Gasteiger partial charge on any atom is -0.255 e. The molecule has 0 spiro atoms. The van der Waals surface area contributed by atoms with Gasteiger partial charge in [0, 0.05) is 22.6 Å². The first-order chi connectivity index (χ1) is 30.1. The lowest BCUT2D eigenvalue weighted by molar-refractivity contribution is 0.589. The van der Waals surface area contributed by atoms with Crippen LogP contribution in [0.1, 0.15) is 154 Å². The first-order valence-corrected chi connectivity index (χ1v) is 23.1. The fourth-order valence-corrected chi connectivity index (χ4v) is 8.48. The van der Waals surface area contributed by atoms with Crippen molar-refractivity contribution in [3.8, 4) is 22.3 Å². The van der Waals surface area contributed by atoms with Crippen LogP contribution in [0.2, 0.25) is 0 Å². The summed E-state index contributed by atoms with van der Waals surface area (Å²) in [5, 5.41) is 0. The highest BCUT2D eigenvalue weighted by Gasteiger charge is 2.25. The zero-order valence-corrected chi connectivity index (χ0v) is 41.0. The van der Waals surface area contributed by atoms with E-state index in [0.29, 0.717) is 0 Å². The van der Waals surface area contributed by atoms with Gasteiger partial charge in [0.25, 0.3) is 0 Å². The molecule has 0 fully saturated rings. The zero-order valence-electron chi connectivity index (χ0n) is 41.0. The maximum absolute atomic E-state index is 5.55. The number of hydrogen-bond acceptors (Lipinski definition) is 3. The number of hydrogen-bond donors (Lipinski definition) is 0. The molecule has 7 rings (SSSR count). The third-order valence-corrected chi connectivity index (χ3v) is 12.7. The summed E-state index contributed by atoms with van der Waals surface area (Å²) in [5.41, 5.74) is 19.0. The van der Waals surface area contributed by atoms with Crippen molar-refractivity contribution < 1.29 is 0 Å². The van der Waals surface area contributed by atoms with E-state index in [1.54, 1.807) is 0 Å². The highest BCUT2D eigenvalue weighted by atomic mass is 14.9. The van der Waals surface area contributed by atoms with Gasteiger partial charge in [-0.2, -0.15) is 0 Å². The monoisotopic (exact) mass is 844 g/mol. The Morgan fingerprint density at radius 3 is 1.25 bits per heavy atom. The molecule has 1 unspecified atom stereocenters. The largest absolute Gasteiger partial charge is 0.255 e. The van der Waals surface area contributed by atoms with Crippen LogP contribution >= 0.6 is 0 Å². The second-order valence-corrected chi connectivity index (χ2v) is 21.8. The fraction of sp³-hybridized carbons (Fsp3) is 0.328. The number of para-hydroxylation sites is 1. The van der Waals surface area contributed by atoms with Gasteiger partial charge in [0.05, 0.1) is 34.2 Å². The molecule has 5 aromatic carbocycles. The Hall–Kier alpha value is -5.93. The van der Waals surface area contributed by atoms with Crippen LogP contribution in [0, 0.1) is 0 Å². The molecule has 3 heteroatoms. The molecule has 1 aliphatic carbocycles. The Bertz CT molecular complexity index is 2650. The van der Waals surface area contributed by atoms with Crippen molar-refractivity contribution in [2.24, 2.45) is 9.98 Å². The van der Waals surface area contributed by atoms with Crippen LogP contribution in [0.5, 0.6) is 0 Å². The van der Waals surface area contributed by atoms with Gasteiger partial charge in [-0.25, -0.2) is 4.98 Å². The summed E-state index contributed by atoms with van der Waals surface area (Å²) < 4.78 is 0. The quantitative estimate of drug-likeness (QED) is 0.141. The molecule has 0 bridgehead atoms. The zero-order chi connectivity index (χ0) is 46.2. The van der Waals surface area contributed by atoms with E-state index in [0.717, 1.165) is 68.4 Å². The summed E-state index contributed by atoms with van der Waals surface area (Å²) in [7, 11) is 0. The number of pyridine rings is 1. The summed E-state index contributed by atoms with van der Waals surface area (Å²) in [6.45, 7) is 31.3. The number of benzene rings is 5. The molecule has 0 amide bonds. The minimum absolute atomic E-state index is 0.0625. The van der Waals surface area contributed by atoms with Gasteiger partial charge >= 0.3 is 0 Å². The summed E-state index contributed by atoms with van der Waals surface area (Å²) in [6, 6.07) is 49.0. The Balaban J connectivity index is 1.32. The number of allylic oxidation sites excluding steroid dienone is 4. The topological polar surface area (TPSA) is 37.6 Å². The molecule has 328 valence electrons. The number of aliphatic imine (C=N–C) groups is 2. The molecule has 0 saturated heterocycles. The van der Waals surface area contributed by atoms with Gasteiger partial charge in [-0.15, -0.1) is 0 Å². The molecule has 1 atom stereocenters. The fourth-order valence-electron chi connectivity index (χ4n) is 8.48. The van der Waals surface area contributed by atoms with E-state index in [9.17, 15) is 0 Å². The van der Waals surface area contributed by atoms with Crippen LogP contribution in [-0.2, 0) is 21.7 Å². The molecule has 1 aliphatic rings. The Morgan fingerprint density at radius 2 is 0.828 bits per heavy atom. The van der Waals surface area contributed by atoms with Crippen molar-refractivity contribution in [3.63, 3.8) is 0 Å². The van der Waals surface area contributed by atoms with Gasteiger partial charge in [0.1, 0.15) is 0 Å². The minimum atomic E-state index is 0.0625. The van der Waals surface area contributed by atoms with Crippen molar-refractivity contribution in [1.82, 2.24) is 4.98 Å². The molecule has 1 heterocycles. The van der Waals surface area contributed by atoms with E-state index in [2.05, 4.69) is 243 Å². The van der Waals surface area contributed by atoms with Gasteiger partial charge in [-0.3, -0.25) is 9.98 Å². The third-order valence-electron chi connectivity index (χ3n) is 12.7. The van der Waals surface area contributed by atoms with Crippen molar-refractivity contribution in [2.75, 3.05) is 0 Å². The molecular weight excluding hydrogens is 775 g/mol. The van der Waals surface area contributed by atoms with Crippen molar-refractivity contribution >= 4 is 22.7 Å². The van der Waals surface area contributed by atoms with Crippen LogP contribution in [0.4, 0.5) is 5.69 Å². The SMILES string of the molecule is CC(=NC1=C(c2ccc(C(C)(C)C)cc2)C=CCC1c1ccc(C(C)(C)C)cc1)c1cccc(C(C)=Nc2c(-c3ccc(C(C)(C)C)cc3)cccc2-c2ccc(C(C)(C)C)cc2)n1. The molecule has 0 N–H and O–H groups in total. The van der Waals surface area contributed by atoms with Gasteiger partial charge in [-0.1, -0.05) is 217 Å². The summed E-state index contributed by atoms with van der Waals surface area (Å²) in [5.74, 6) is 0.0996. The average molecular weight is 844 g/mol. The lowest BCUT2D eigenvalue weighted by atomic mass is 9.81. The molecule has 1 aromatic heterocycles. The average Bonchev–Trinajstić information content (AvgIpc) is 3.25. The molecule has 0 radical (unpaired) electrons. The Kier molecular flexibility index (Phi) is 12.9. The standard InChI is InChI=1S/C61H69N3/c1-40(62-56-50(42-24-32-46(33-25-42)58(3,4)5)18-15-19-51(56)43-26-34-47(35-27-43)59(6,7)8)54-22-17-23-55(64-54)41(2)63-57-52(44-28-36-48(37-29-44)60(9,10)11)20-16-21-53(57)45-30-38-49(39-31-45)61(12,13)14/h15-20,22-39,53H,21H2,1-14H3. The van der Waals surface area contributed by atoms with E-state index in [1.165, 1.54) is 33.4 Å². The van der Waals surface area contributed by atoms with Crippen LogP contribution in [0.15, 0.2) is 161 Å². The highest BCUT2D eigenvalue weighted by molar-refractivity contribution is 6.04. The smallest absolute Gasteiger partial charge is 0.0849 e. The summed E-state index contributed by atoms with van der Waals surface area (Å²) in [6.07, 6.45) is 5.46. The maximum atomic E-state index is 5.55. The number of nitrogens with zero attached hydrogens (tertiary/aromatic N) is 3. The Morgan fingerprint density at radius 1 is 0.453 bits per heavy atom. The van der Waals surface area contributed by atoms with E-state index in [1.807, 2.05) is 0 Å². The van der Waals surface area contributed by atoms with Crippen molar-refractivity contribution in [3.05, 3.63) is 196 Å². The summed E-state index contributed by atoms with van der Waals surface area (Å²) in [4.78, 5) is 16.3. The lowest BCUT2D eigenvalue weighted by Gasteiger charge is -2.26. The van der Waals surface area contributed by atoms with E-state index in [4.69, 9.17) is 15.0 Å². The van der Waals surface area contributed by atoms with Gasteiger partial charge < -0.3 is 0 Å². The molecule has 3 nitrogen and oxygen atoms in total. The molecule has 6 aromatic rings. The van der Waals surface area contributed by atoms with E-state index in [-0.39, 0.29) is 27.6 Å². The first-order valence-electron chi connectivity index (χ1n) is 23.1. The predicted octanol–water partition coefficient (Wildman–Crippen LogP) is 16.7. The van der Waals surface area contributed by atoms with E-state index >= 15 is 0 Å². The second-order valence-electron chi connectivity index (χ2n) is 21.8. The lowest BCUT2D eigenvalue weighted by Crippen LogP contribution is -2.13. The normalized spacial score (nSPS) is 15.5. The van der Waals surface area contributed by atoms with Gasteiger partial charge in [0.2, 0.25) is 0 Å². The summed E-state index contributed by atoms with van der Waals surface area (Å²) >= 11 is 0.